The van der Waals surface area contributed by atoms with Crippen molar-refractivity contribution in [1.29, 1.82) is 0 Å². The molecule has 1 saturated heterocycles. The molecule has 1 unspecified atom stereocenters. The monoisotopic (exact) mass is 428 g/mol. The summed E-state index contributed by atoms with van der Waals surface area (Å²) in [5.74, 6) is -2.04. The fourth-order valence-corrected chi connectivity index (χ4v) is 3.43. The Kier molecular flexibility index (Phi) is 6.12. The van der Waals surface area contributed by atoms with Crippen LogP contribution in [0.2, 0.25) is 5.02 Å². The van der Waals surface area contributed by atoms with Gasteiger partial charge >= 0.3 is 6.18 Å². The third-order valence-electron chi connectivity index (χ3n) is 4.71. The number of hydrogen-bond donors (Lipinski definition) is 1. The molecule has 0 spiro atoms. The lowest BCUT2D eigenvalue weighted by molar-refractivity contribution is -0.137. The maximum Gasteiger partial charge on any atom is 0.416 e. The minimum absolute atomic E-state index is 0.0473. The number of alkyl halides is 3. The minimum Gasteiger partial charge on any atom is -0.338 e. The third-order valence-corrected chi connectivity index (χ3v) is 5.02. The number of hydrogen-bond acceptors (Lipinski definition) is 2. The molecule has 0 bridgehead atoms. The topological polar surface area (TPSA) is 49.4 Å². The van der Waals surface area contributed by atoms with Gasteiger partial charge in [-0.15, -0.1) is 0 Å². The van der Waals surface area contributed by atoms with Gasteiger partial charge < -0.3 is 10.2 Å². The number of nitrogens with one attached hydrogen (secondary N) is 1. The number of amides is 2. The third kappa shape index (κ3) is 5.06. The lowest BCUT2D eigenvalue weighted by Crippen LogP contribution is -2.43. The van der Waals surface area contributed by atoms with Crippen molar-refractivity contribution in [2.75, 3.05) is 18.4 Å². The van der Waals surface area contributed by atoms with E-state index in [1.54, 1.807) is 0 Å². The van der Waals surface area contributed by atoms with Crippen molar-refractivity contribution in [3.05, 3.63) is 64.4 Å². The normalized spacial score (nSPS) is 17.1. The Morgan fingerprint density at radius 3 is 2.59 bits per heavy atom. The Morgan fingerprint density at radius 2 is 1.90 bits per heavy atom. The second kappa shape index (κ2) is 8.41. The Bertz CT molecular complexity index is 933. The summed E-state index contributed by atoms with van der Waals surface area (Å²) in [6, 6.07) is 7.78. The quantitative estimate of drug-likeness (QED) is 0.700. The van der Waals surface area contributed by atoms with Crippen LogP contribution in [0.3, 0.4) is 0 Å². The first-order valence-electron chi connectivity index (χ1n) is 8.87. The predicted molar refractivity (Wildman–Crippen MR) is 100 cm³/mol. The van der Waals surface area contributed by atoms with Gasteiger partial charge in [-0.3, -0.25) is 9.59 Å². The molecule has 0 aromatic heterocycles. The SMILES string of the molecule is O=C(Nc1ccc(F)cc1Cl)C1CCCN(C(=O)c2cccc(C(F)(F)F)c2)C1. The average molecular weight is 429 g/mol. The van der Waals surface area contributed by atoms with Crippen molar-refractivity contribution in [2.45, 2.75) is 19.0 Å². The summed E-state index contributed by atoms with van der Waals surface area (Å²) in [6.07, 6.45) is -3.51. The number of piperidine rings is 1. The highest BCUT2D eigenvalue weighted by Crippen LogP contribution is 2.30. The molecule has 4 nitrogen and oxygen atoms in total. The van der Waals surface area contributed by atoms with E-state index in [1.807, 2.05) is 0 Å². The van der Waals surface area contributed by atoms with Crippen LogP contribution in [0.1, 0.15) is 28.8 Å². The average Bonchev–Trinajstić information content (AvgIpc) is 2.69. The highest BCUT2D eigenvalue weighted by atomic mass is 35.5. The van der Waals surface area contributed by atoms with Gasteiger partial charge in [0.25, 0.3) is 5.91 Å². The first-order valence-corrected chi connectivity index (χ1v) is 9.25. The van der Waals surface area contributed by atoms with Crippen molar-refractivity contribution < 1.29 is 27.2 Å². The summed E-state index contributed by atoms with van der Waals surface area (Å²) < 4.78 is 51.8. The molecule has 1 N–H and O–H groups in total. The first-order chi connectivity index (χ1) is 13.6. The van der Waals surface area contributed by atoms with E-state index in [-0.39, 0.29) is 28.7 Å². The summed E-state index contributed by atoms with van der Waals surface area (Å²) >= 11 is 5.91. The summed E-state index contributed by atoms with van der Waals surface area (Å²) in [5.41, 5.74) is -0.734. The smallest absolute Gasteiger partial charge is 0.338 e. The minimum atomic E-state index is -4.55. The van der Waals surface area contributed by atoms with Crippen molar-refractivity contribution in [3.8, 4) is 0 Å². The molecule has 1 heterocycles. The molecule has 1 fully saturated rings. The van der Waals surface area contributed by atoms with Crippen molar-refractivity contribution in [1.82, 2.24) is 4.90 Å². The van der Waals surface area contributed by atoms with E-state index >= 15 is 0 Å². The number of anilines is 1. The van der Waals surface area contributed by atoms with E-state index in [1.165, 1.54) is 23.1 Å². The second-order valence-electron chi connectivity index (χ2n) is 6.78. The number of halogens is 5. The molecule has 0 radical (unpaired) electrons. The van der Waals surface area contributed by atoms with E-state index in [9.17, 15) is 27.2 Å². The largest absolute Gasteiger partial charge is 0.416 e. The lowest BCUT2D eigenvalue weighted by atomic mass is 9.96. The standard InChI is InChI=1S/C20H17ClF4N2O2/c21-16-10-15(22)6-7-17(16)26-18(28)13-4-2-8-27(11-13)19(29)12-3-1-5-14(9-12)20(23,24)25/h1,3,5-7,9-10,13H,2,4,8,11H2,(H,26,28). The zero-order chi connectivity index (χ0) is 21.2. The number of nitrogens with zero attached hydrogens (tertiary/aromatic N) is 1. The molecular weight excluding hydrogens is 412 g/mol. The van der Waals surface area contributed by atoms with Gasteiger partial charge in [-0.2, -0.15) is 13.2 Å². The lowest BCUT2D eigenvalue weighted by Gasteiger charge is -2.32. The van der Waals surface area contributed by atoms with Crippen LogP contribution in [0.15, 0.2) is 42.5 Å². The molecule has 9 heteroatoms. The fraction of sp³-hybridized carbons (Fsp3) is 0.300. The van der Waals surface area contributed by atoms with E-state index in [0.717, 1.165) is 24.3 Å². The Labute approximate surface area is 169 Å². The van der Waals surface area contributed by atoms with E-state index in [2.05, 4.69) is 5.32 Å². The summed E-state index contributed by atoms with van der Waals surface area (Å²) in [7, 11) is 0. The number of carbonyl (C=O) groups is 2. The molecule has 2 aromatic rings. The van der Waals surface area contributed by atoms with Crippen LogP contribution in [0.5, 0.6) is 0 Å². The van der Waals surface area contributed by atoms with Crippen LogP contribution in [0.4, 0.5) is 23.2 Å². The van der Waals surface area contributed by atoms with Crippen molar-refractivity contribution in [3.63, 3.8) is 0 Å². The van der Waals surface area contributed by atoms with E-state index < -0.39 is 29.4 Å². The number of rotatable bonds is 3. The molecule has 2 amide bonds. The molecule has 3 rings (SSSR count). The van der Waals surface area contributed by atoms with E-state index in [0.29, 0.717) is 19.4 Å². The molecule has 0 saturated carbocycles. The highest BCUT2D eigenvalue weighted by Gasteiger charge is 2.33. The van der Waals surface area contributed by atoms with Crippen LogP contribution < -0.4 is 5.32 Å². The first kappa shape index (κ1) is 21.1. The molecule has 1 atom stereocenters. The van der Waals surface area contributed by atoms with Gasteiger partial charge in [0.1, 0.15) is 5.82 Å². The number of benzene rings is 2. The molecule has 2 aromatic carbocycles. The Morgan fingerprint density at radius 1 is 1.14 bits per heavy atom. The maximum atomic E-state index is 13.1. The van der Waals surface area contributed by atoms with Crippen LogP contribution >= 0.6 is 11.6 Å². The van der Waals surface area contributed by atoms with Crippen LogP contribution in [-0.4, -0.2) is 29.8 Å². The Balaban J connectivity index is 1.70. The van der Waals surface area contributed by atoms with E-state index in [4.69, 9.17) is 11.6 Å². The molecule has 154 valence electrons. The van der Waals surface area contributed by atoms with Crippen molar-refractivity contribution in [2.24, 2.45) is 5.92 Å². The summed E-state index contributed by atoms with van der Waals surface area (Å²) in [4.78, 5) is 26.6. The molecular formula is C20H17ClF4N2O2. The van der Waals surface area contributed by atoms with Crippen LogP contribution in [0, 0.1) is 11.7 Å². The maximum absolute atomic E-state index is 13.1. The van der Waals surface area contributed by atoms with Gasteiger partial charge in [0.2, 0.25) is 5.91 Å². The summed E-state index contributed by atoms with van der Waals surface area (Å²) in [6.45, 7) is 0.413. The van der Waals surface area contributed by atoms with Crippen LogP contribution in [-0.2, 0) is 11.0 Å². The molecule has 0 aliphatic carbocycles. The molecule has 1 aliphatic rings. The van der Waals surface area contributed by atoms with Crippen molar-refractivity contribution >= 4 is 29.1 Å². The fourth-order valence-electron chi connectivity index (χ4n) is 3.21. The highest BCUT2D eigenvalue weighted by molar-refractivity contribution is 6.33. The predicted octanol–water partition coefficient (Wildman–Crippen LogP) is 4.99. The zero-order valence-electron chi connectivity index (χ0n) is 15.1. The Hall–Kier alpha value is -2.61. The van der Waals surface area contributed by atoms with Crippen LogP contribution in [0.25, 0.3) is 0 Å². The zero-order valence-corrected chi connectivity index (χ0v) is 15.9. The molecule has 29 heavy (non-hydrogen) atoms. The van der Waals surface area contributed by atoms with Gasteiger partial charge in [-0.25, -0.2) is 4.39 Å². The van der Waals surface area contributed by atoms with Gasteiger partial charge in [-0.1, -0.05) is 17.7 Å². The summed E-state index contributed by atoms with van der Waals surface area (Å²) in [5, 5.41) is 2.66. The molecule has 1 aliphatic heterocycles. The van der Waals surface area contributed by atoms with Gasteiger partial charge in [0, 0.05) is 18.7 Å². The van der Waals surface area contributed by atoms with Gasteiger partial charge in [0.15, 0.2) is 0 Å². The second-order valence-corrected chi connectivity index (χ2v) is 7.19. The van der Waals surface area contributed by atoms with Gasteiger partial charge in [-0.05, 0) is 49.2 Å². The number of carbonyl (C=O) groups excluding carboxylic acids is 2. The van der Waals surface area contributed by atoms with Gasteiger partial charge in [0.05, 0.1) is 22.2 Å². The number of likely N-dealkylation sites (tertiary alicyclic amines) is 1.